The number of aromatic nitrogens is 2. The molecule has 0 fully saturated rings. The van der Waals surface area contributed by atoms with Gasteiger partial charge in [-0.1, -0.05) is 11.8 Å². The maximum Gasteiger partial charge on any atom is 0.266 e. The number of aliphatic hydroxyl groups excluding tert-OH is 1. The van der Waals surface area contributed by atoms with Crippen molar-refractivity contribution in [1.82, 2.24) is 10.2 Å². The molecule has 18 heavy (non-hydrogen) atoms. The average molecular weight is 259 g/mol. The van der Waals surface area contributed by atoms with Gasteiger partial charge < -0.3 is 10.4 Å². The van der Waals surface area contributed by atoms with Crippen molar-refractivity contribution in [3.8, 4) is 11.8 Å². The van der Waals surface area contributed by atoms with Gasteiger partial charge in [-0.2, -0.15) is 5.10 Å². The SMILES string of the molecule is O=C(Nc1cccnn1)c1ccc(C#CCO)s1. The lowest BCUT2D eigenvalue weighted by Gasteiger charge is -1.99. The van der Waals surface area contributed by atoms with Gasteiger partial charge in [-0.15, -0.1) is 16.4 Å². The predicted molar refractivity (Wildman–Crippen MR) is 68.3 cm³/mol. The standard InChI is InChI=1S/C12H9N3O2S/c16-8-2-3-9-5-6-10(18-9)12(17)14-11-4-1-7-13-15-11/h1,4-7,16H,8H2,(H,14,15,17). The van der Waals surface area contributed by atoms with E-state index in [0.29, 0.717) is 10.7 Å². The molecule has 90 valence electrons. The van der Waals surface area contributed by atoms with Crippen LogP contribution in [0.1, 0.15) is 14.5 Å². The molecule has 0 aliphatic carbocycles. The third-order valence-corrected chi connectivity index (χ3v) is 2.93. The minimum atomic E-state index is -0.252. The molecule has 0 saturated carbocycles. The molecule has 0 aliphatic rings. The summed E-state index contributed by atoms with van der Waals surface area (Å²) in [5.74, 6) is 5.42. The van der Waals surface area contributed by atoms with Gasteiger partial charge in [-0.3, -0.25) is 4.79 Å². The van der Waals surface area contributed by atoms with Gasteiger partial charge in [0.15, 0.2) is 5.82 Å². The number of carbonyl (C=O) groups is 1. The van der Waals surface area contributed by atoms with Crippen molar-refractivity contribution in [2.45, 2.75) is 0 Å². The number of aliphatic hydroxyl groups is 1. The Morgan fingerprint density at radius 2 is 2.33 bits per heavy atom. The molecule has 2 N–H and O–H groups in total. The van der Waals surface area contributed by atoms with Crippen molar-refractivity contribution in [2.75, 3.05) is 11.9 Å². The van der Waals surface area contributed by atoms with Crippen LogP contribution in [0.25, 0.3) is 0 Å². The molecule has 2 rings (SSSR count). The van der Waals surface area contributed by atoms with Crippen molar-refractivity contribution in [3.63, 3.8) is 0 Å². The van der Waals surface area contributed by atoms with E-state index in [2.05, 4.69) is 27.4 Å². The highest BCUT2D eigenvalue weighted by Crippen LogP contribution is 2.16. The summed E-state index contributed by atoms with van der Waals surface area (Å²) in [7, 11) is 0. The van der Waals surface area contributed by atoms with Crippen LogP contribution >= 0.6 is 11.3 Å². The van der Waals surface area contributed by atoms with E-state index in [1.165, 1.54) is 17.5 Å². The Morgan fingerprint density at radius 1 is 1.44 bits per heavy atom. The quantitative estimate of drug-likeness (QED) is 0.793. The van der Waals surface area contributed by atoms with E-state index in [9.17, 15) is 4.79 Å². The first-order valence-electron chi connectivity index (χ1n) is 5.08. The topological polar surface area (TPSA) is 75.1 Å². The molecule has 0 spiro atoms. The summed E-state index contributed by atoms with van der Waals surface area (Å²) < 4.78 is 0. The number of nitrogens with zero attached hydrogens (tertiary/aromatic N) is 2. The molecule has 0 radical (unpaired) electrons. The number of carbonyl (C=O) groups excluding carboxylic acids is 1. The van der Waals surface area contributed by atoms with Gasteiger partial charge in [-0.05, 0) is 24.3 Å². The van der Waals surface area contributed by atoms with E-state index in [-0.39, 0.29) is 12.5 Å². The summed E-state index contributed by atoms with van der Waals surface area (Å²) in [6.45, 7) is -0.195. The number of nitrogens with one attached hydrogen (secondary N) is 1. The van der Waals surface area contributed by atoms with Gasteiger partial charge in [0.25, 0.3) is 5.91 Å². The van der Waals surface area contributed by atoms with Crippen LogP contribution in [0.5, 0.6) is 0 Å². The molecular weight excluding hydrogens is 250 g/mol. The second kappa shape index (κ2) is 5.91. The molecule has 6 heteroatoms. The fourth-order valence-electron chi connectivity index (χ4n) is 1.20. The lowest BCUT2D eigenvalue weighted by molar-refractivity contribution is 0.103. The second-order valence-corrected chi connectivity index (χ2v) is 4.27. The zero-order valence-corrected chi connectivity index (χ0v) is 10.1. The molecule has 2 aromatic heterocycles. The van der Waals surface area contributed by atoms with E-state index < -0.39 is 0 Å². The summed E-state index contributed by atoms with van der Waals surface area (Å²) in [5.41, 5.74) is 0. The molecule has 0 atom stereocenters. The lowest BCUT2D eigenvalue weighted by Crippen LogP contribution is -2.11. The van der Waals surface area contributed by atoms with Crippen LogP contribution in [0.2, 0.25) is 0 Å². The van der Waals surface area contributed by atoms with Gasteiger partial charge in [0, 0.05) is 6.20 Å². The van der Waals surface area contributed by atoms with E-state index in [4.69, 9.17) is 5.11 Å². The smallest absolute Gasteiger partial charge is 0.266 e. The van der Waals surface area contributed by atoms with Crippen LogP contribution < -0.4 is 5.32 Å². The van der Waals surface area contributed by atoms with Crippen molar-refractivity contribution in [1.29, 1.82) is 0 Å². The summed E-state index contributed by atoms with van der Waals surface area (Å²) in [6.07, 6.45) is 1.53. The van der Waals surface area contributed by atoms with Gasteiger partial charge in [0.1, 0.15) is 6.61 Å². The Balaban J connectivity index is 2.08. The first-order valence-corrected chi connectivity index (χ1v) is 5.90. The minimum absolute atomic E-state index is 0.195. The molecular formula is C12H9N3O2S. The van der Waals surface area contributed by atoms with E-state index in [1.807, 2.05) is 0 Å². The molecule has 5 nitrogen and oxygen atoms in total. The highest BCUT2D eigenvalue weighted by atomic mass is 32.1. The van der Waals surface area contributed by atoms with Crippen molar-refractivity contribution in [2.24, 2.45) is 0 Å². The van der Waals surface area contributed by atoms with E-state index in [1.54, 1.807) is 24.3 Å². The maximum atomic E-state index is 11.8. The molecule has 0 saturated heterocycles. The normalized spacial score (nSPS) is 9.39. The number of anilines is 1. The fourth-order valence-corrected chi connectivity index (χ4v) is 1.98. The molecule has 2 heterocycles. The summed E-state index contributed by atoms with van der Waals surface area (Å²) in [6, 6.07) is 6.76. The molecule has 0 aliphatic heterocycles. The number of thiophene rings is 1. The first-order chi connectivity index (χ1) is 8.79. The Morgan fingerprint density at radius 3 is 3.06 bits per heavy atom. The number of rotatable bonds is 2. The van der Waals surface area contributed by atoms with Gasteiger partial charge in [0.05, 0.1) is 9.75 Å². The summed E-state index contributed by atoms with van der Waals surface area (Å²) >= 11 is 1.26. The average Bonchev–Trinajstić information content (AvgIpc) is 2.86. The first kappa shape index (κ1) is 12.2. The van der Waals surface area contributed by atoms with Crippen LogP contribution in [0.15, 0.2) is 30.5 Å². The third kappa shape index (κ3) is 3.13. The van der Waals surface area contributed by atoms with Crippen LogP contribution in [0.4, 0.5) is 5.82 Å². The Kier molecular flexibility index (Phi) is 4.02. The van der Waals surface area contributed by atoms with Crippen LogP contribution in [-0.4, -0.2) is 27.8 Å². The summed E-state index contributed by atoms with van der Waals surface area (Å²) in [5, 5.41) is 18.6. The van der Waals surface area contributed by atoms with E-state index >= 15 is 0 Å². The van der Waals surface area contributed by atoms with Crippen molar-refractivity contribution in [3.05, 3.63) is 40.2 Å². The molecule has 0 bridgehead atoms. The van der Waals surface area contributed by atoms with Crippen LogP contribution in [-0.2, 0) is 0 Å². The zero-order chi connectivity index (χ0) is 12.8. The minimum Gasteiger partial charge on any atom is -0.384 e. The third-order valence-electron chi connectivity index (χ3n) is 1.93. The Hall–Kier alpha value is -2.23. The highest BCUT2D eigenvalue weighted by molar-refractivity contribution is 7.14. The lowest BCUT2D eigenvalue weighted by atomic mass is 10.4. The molecule has 2 aromatic rings. The van der Waals surface area contributed by atoms with Crippen LogP contribution in [0, 0.1) is 11.8 Å². The second-order valence-electron chi connectivity index (χ2n) is 3.19. The maximum absolute atomic E-state index is 11.8. The van der Waals surface area contributed by atoms with Gasteiger partial charge >= 0.3 is 0 Å². The molecule has 1 amide bonds. The number of hydrogen-bond acceptors (Lipinski definition) is 5. The summed E-state index contributed by atoms with van der Waals surface area (Å²) in [4.78, 5) is 13.1. The predicted octanol–water partition coefficient (Wildman–Crippen LogP) is 1.13. The van der Waals surface area contributed by atoms with Crippen molar-refractivity contribution < 1.29 is 9.90 Å². The Labute approximate surface area is 108 Å². The van der Waals surface area contributed by atoms with Crippen LogP contribution in [0.3, 0.4) is 0 Å². The van der Waals surface area contributed by atoms with Crippen molar-refractivity contribution >= 4 is 23.1 Å². The Bertz CT molecular complexity index is 599. The molecule has 0 unspecified atom stereocenters. The number of amides is 1. The largest absolute Gasteiger partial charge is 0.384 e. The molecule has 0 aromatic carbocycles. The number of hydrogen-bond donors (Lipinski definition) is 2. The van der Waals surface area contributed by atoms with Gasteiger partial charge in [-0.25, -0.2) is 0 Å². The zero-order valence-electron chi connectivity index (χ0n) is 9.25. The fraction of sp³-hybridized carbons (Fsp3) is 0.0833. The van der Waals surface area contributed by atoms with E-state index in [0.717, 1.165) is 4.88 Å². The van der Waals surface area contributed by atoms with Gasteiger partial charge in [0.2, 0.25) is 0 Å². The monoisotopic (exact) mass is 259 g/mol. The highest BCUT2D eigenvalue weighted by Gasteiger charge is 2.09.